The van der Waals surface area contributed by atoms with Crippen LogP contribution in [-0.4, -0.2) is 34.7 Å². The van der Waals surface area contributed by atoms with Crippen molar-refractivity contribution in [3.05, 3.63) is 24.0 Å². The predicted molar refractivity (Wildman–Crippen MR) is 78.7 cm³/mol. The van der Waals surface area contributed by atoms with Crippen molar-refractivity contribution in [1.29, 1.82) is 0 Å². The number of hydrogen-bond acceptors (Lipinski definition) is 4. The maximum absolute atomic E-state index is 12.2. The van der Waals surface area contributed by atoms with Crippen LogP contribution >= 0.6 is 0 Å². The van der Waals surface area contributed by atoms with Crippen molar-refractivity contribution >= 4 is 11.6 Å². The lowest BCUT2D eigenvalue weighted by Crippen LogP contribution is -2.45. The fourth-order valence-electron chi connectivity index (χ4n) is 2.46. The first-order chi connectivity index (χ1) is 9.70. The molecule has 1 aromatic rings. The number of nitrogens with one attached hydrogen (secondary N) is 2. The van der Waals surface area contributed by atoms with Crippen molar-refractivity contribution < 1.29 is 9.90 Å². The van der Waals surface area contributed by atoms with E-state index >= 15 is 0 Å². The second-order valence-electron chi connectivity index (χ2n) is 5.29. The van der Waals surface area contributed by atoms with E-state index in [0.29, 0.717) is 5.69 Å². The summed E-state index contributed by atoms with van der Waals surface area (Å²) in [6.07, 6.45) is 5.89. The van der Waals surface area contributed by atoms with Crippen molar-refractivity contribution in [2.24, 2.45) is 0 Å². The summed E-state index contributed by atoms with van der Waals surface area (Å²) in [6.45, 7) is 2.96. The highest BCUT2D eigenvalue weighted by Crippen LogP contribution is 2.19. The van der Waals surface area contributed by atoms with E-state index in [-0.39, 0.29) is 11.9 Å². The highest BCUT2D eigenvalue weighted by Gasteiger charge is 2.25. The zero-order chi connectivity index (χ0) is 14.4. The average Bonchev–Trinajstić information content (AvgIpc) is 2.48. The van der Waals surface area contributed by atoms with Gasteiger partial charge in [-0.15, -0.1) is 0 Å². The average molecular weight is 277 g/mol. The molecule has 2 rings (SSSR count). The molecule has 1 fully saturated rings. The molecule has 0 spiro atoms. The molecule has 5 heteroatoms. The molecule has 1 saturated carbocycles. The lowest BCUT2D eigenvalue weighted by molar-refractivity contribution is 0.0714. The monoisotopic (exact) mass is 277 g/mol. The molecule has 1 aliphatic rings. The van der Waals surface area contributed by atoms with Gasteiger partial charge in [0, 0.05) is 18.4 Å². The first-order valence-corrected chi connectivity index (χ1v) is 7.39. The lowest BCUT2D eigenvalue weighted by Gasteiger charge is -2.28. The summed E-state index contributed by atoms with van der Waals surface area (Å²) in [5.41, 5.74) is 1.29. The van der Waals surface area contributed by atoms with Gasteiger partial charge in [0.15, 0.2) is 0 Å². The Morgan fingerprint density at radius 3 is 3.00 bits per heavy atom. The Morgan fingerprint density at radius 1 is 1.45 bits per heavy atom. The van der Waals surface area contributed by atoms with Gasteiger partial charge in [-0.25, -0.2) is 0 Å². The third-order valence-electron chi connectivity index (χ3n) is 3.62. The van der Waals surface area contributed by atoms with E-state index < -0.39 is 6.10 Å². The molecule has 0 saturated heterocycles. The van der Waals surface area contributed by atoms with Gasteiger partial charge in [0.25, 0.3) is 5.91 Å². The maximum Gasteiger partial charge on any atom is 0.270 e. The number of nitrogens with zero attached hydrogens (tertiary/aromatic N) is 1. The highest BCUT2D eigenvalue weighted by atomic mass is 16.3. The first kappa shape index (κ1) is 14.8. The molecule has 0 aliphatic heterocycles. The quantitative estimate of drug-likeness (QED) is 0.769. The topological polar surface area (TPSA) is 74.2 Å². The molecular weight excluding hydrogens is 254 g/mol. The number of rotatable bonds is 5. The number of pyridine rings is 1. The van der Waals surface area contributed by atoms with Crippen LogP contribution in [-0.2, 0) is 0 Å². The number of anilines is 1. The minimum Gasteiger partial charge on any atom is -0.391 e. The number of amides is 1. The Hall–Kier alpha value is -1.62. The van der Waals surface area contributed by atoms with E-state index in [2.05, 4.69) is 22.5 Å². The van der Waals surface area contributed by atoms with E-state index in [0.717, 1.165) is 44.3 Å². The Labute approximate surface area is 119 Å². The normalized spacial score (nSPS) is 22.3. The van der Waals surface area contributed by atoms with Crippen LogP contribution in [0.3, 0.4) is 0 Å². The van der Waals surface area contributed by atoms with Crippen LogP contribution in [0.1, 0.15) is 49.5 Å². The molecule has 5 nitrogen and oxygen atoms in total. The van der Waals surface area contributed by atoms with Crippen molar-refractivity contribution in [3.63, 3.8) is 0 Å². The summed E-state index contributed by atoms with van der Waals surface area (Å²) in [5, 5.41) is 16.0. The number of aliphatic hydroxyl groups excluding tert-OH is 1. The summed E-state index contributed by atoms with van der Waals surface area (Å²) >= 11 is 0. The van der Waals surface area contributed by atoms with Crippen LogP contribution in [0, 0.1) is 0 Å². The van der Waals surface area contributed by atoms with Crippen LogP contribution in [0.15, 0.2) is 18.3 Å². The third-order valence-corrected chi connectivity index (χ3v) is 3.62. The van der Waals surface area contributed by atoms with Crippen LogP contribution < -0.4 is 10.6 Å². The zero-order valence-corrected chi connectivity index (χ0v) is 11.9. The summed E-state index contributed by atoms with van der Waals surface area (Å²) in [6, 6.07) is 3.45. The largest absolute Gasteiger partial charge is 0.391 e. The number of aliphatic hydroxyl groups is 1. The molecule has 2 unspecified atom stereocenters. The minimum absolute atomic E-state index is 0.148. The molecule has 2 atom stereocenters. The molecule has 1 aliphatic carbocycles. The van der Waals surface area contributed by atoms with Gasteiger partial charge in [0.1, 0.15) is 5.69 Å². The maximum atomic E-state index is 12.2. The standard InChI is InChI=1S/C15H23N3O2/c1-2-8-16-11-7-9-17-13(10-11)15(20)18-12-5-3-4-6-14(12)19/h7,9-10,12,14,19H,2-6,8H2,1H3,(H,16,17)(H,18,20). The van der Waals surface area contributed by atoms with E-state index in [1.54, 1.807) is 12.3 Å². The van der Waals surface area contributed by atoms with E-state index in [1.807, 2.05) is 6.07 Å². The van der Waals surface area contributed by atoms with Crippen molar-refractivity contribution in [1.82, 2.24) is 10.3 Å². The summed E-state index contributed by atoms with van der Waals surface area (Å²) < 4.78 is 0. The van der Waals surface area contributed by atoms with E-state index in [9.17, 15) is 9.90 Å². The Kier molecular flexibility index (Phi) is 5.35. The van der Waals surface area contributed by atoms with Gasteiger partial charge in [0.2, 0.25) is 0 Å². The van der Waals surface area contributed by atoms with Crippen LogP contribution in [0.25, 0.3) is 0 Å². The van der Waals surface area contributed by atoms with Gasteiger partial charge in [0.05, 0.1) is 12.1 Å². The molecule has 0 bridgehead atoms. The van der Waals surface area contributed by atoms with E-state index in [4.69, 9.17) is 0 Å². The van der Waals surface area contributed by atoms with Crippen LogP contribution in [0.4, 0.5) is 5.69 Å². The van der Waals surface area contributed by atoms with Gasteiger partial charge < -0.3 is 15.7 Å². The highest BCUT2D eigenvalue weighted by molar-refractivity contribution is 5.93. The van der Waals surface area contributed by atoms with Gasteiger partial charge in [-0.2, -0.15) is 0 Å². The fraction of sp³-hybridized carbons (Fsp3) is 0.600. The molecular formula is C15H23N3O2. The summed E-state index contributed by atoms with van der Waals surface area (Å²) in [4.78, 5) is 16.3. The molecule has 0 aromatic carbocycles. The molecule has 1 heterocycles. The van der Waals surface area contributed by atoms with Crippen molar-refractivity contribution in [2.45, 2.75) is 51.2 Å². The van der Waals surface area contributed by atoms with E-state index in [1.165, 1.54) is 0 Å². The minimum atomic E-state index is -0.436. The van der Waals surface area contributed by atoms with Crippen LogP contribution in [0.5, 0.6) is 0 Å². The number of carbonyl (C=O) groups excluding carboxylic acids is 1. The van der Waals surface area contributed by atoms with Gasteiger partial charge in [-0.1, -0.05) is 19.8 Å². The Bertz CT molecular complexity index is 450. The number of carbonyl (C=O) groups is 1. The van der Waals surface area contributed by atoms with Gasteiger partial charge in [-0.3, -0.25) is 9.78 Å². The summed E-state index contributed by atoms with van der Waals surface area (Å²) in [7, 11) is 0. The van der Waals surface area contributed by atoms with Crippen molar-refractivity contribution in [2.75, 3.05) is 11.9 Å². The molecule has 1 aromatic heterocycles. The Morgan fingerprint density at radius 2 is 2.25 bits per heavy atom. The Balaban J connectivity index is 1.97. The molecule has 110 valence electrons. The first-order valence-electron chi connectivity index (χ1n) is 7.39. The lowest BCUT2D eigenvalue weighted by atomic mass is 9.92. The smallest absolute Gasteiger partial charge is 0.270 e. The second kappa shape index (κ2) is 7.24. The number of hydrogen-bond donors (Lipinski definition) is 3. The third kappa shape index (κ3) is 3.93. The molecule has 0 radical (unpaired) electrons. The van der Waals surface area contributed by atoms with Gasteiger partial charge >= 0.3 is 0 Å². The molecule has 20 heavy (non-hydrogen) atoms. The SMILES string of the molecule is CCCNc1ccnc(C(=O)NC2CCCCC2O)c1. The number of aromatic nitrogens is 1. The fourth-order valence-corrected chi connectivity index (χ4v) is 2.46. The van der Waals surface area contributed by atoms with Crippen LogP contribution in [0.2, 0.25) is 0 Å². The zero-order valence-electron chi connectivity index (χ0n) is 11.9. The van der Waals surface area contributed by atoms with Gasteiger partial charge in [-0.05, 0) is 31.4 Å². The van der Waals surface area contributed by atoms with Crippen molar-refractivity contribution in [3.8, 4) is 0 Å². The second-order valence-corrected chi connectivity index (χ2v) is 5.29. The summed E-state index contributed by atoms with van der Waals surface area (Å²) in [5.74, 6) is -0.212. The molecule has 3 N–H and O–H groups in total. The molecule has 1 amide bonds. The predicted octanol–water partition coefficient (Wildman–Crippen LogP) is 1.94.